The minimum atomic E-state index is -5.75. The zero-order valence-electron chi connectivity index (χ0n) is 25.5. The standard InChI is InChI=1S/C34H43F6NO3S/c35-27-15-13-25(14-16-27)30-12-5-8-26-24-29(42)17-18-31(26)32(30)11-3-1-2-4-20-41-21-6-9-28(41)10-7-22-45(43,44)23-19-33(36,37)34(38,39)40/h13-18,24,28,42H,1-12,19-23H2/t28-/m1/s1. The maximum Gasteiger partial charge on any atom is 0.453 e. The highest BCUT2D eigenvalue weighted by molar-refractivity contribution is 7.91. The number of aryl methyl sites for hydroxylation is 1. The molecule has 0 bridgehead atoms. The van der Waals surface area contributed by atoms with Gasteiger partial charge in [-0.15, -0.1) is 0 Å². The summed E-state index contributed by atoms with van der Waals surface area (Å²) in [6.45, 7) is 1.79. The van der Waals surface area contributed by atoms with Crippen LogP contribution in [0.5, 0.6) is 5.75 Å². The third-order valence-electron chi connectivity index (χ3n) is 9.10. The molecule has 1 N–H and O–H groups in total. The van der Waals surface area contributed by atoms with Gasteiger partial charge in [-0.2, -0.15) is 22.0 Å². The Hall–Kier alpha value is -2.53. The molecule has 11 heteroatoms. The van der Waals surface area contributed by atoms with Crippen molar-refractivity contribution in [2.24, 2.45) is 0 Å². The molecule has 4 rings (SSSR count). The SMILES string of the molecule is O=S(=O)(CCC[C@H]1CCCN1CCCCCCC1=C(c2ccc(F)cc2)CCCc2cc(O)ccc21)CCC(F)(F)C(F)(F)F. The minimum Gasteiger partial charge on any atom is -0.508 e. The van der Waals surface area contributed by atoms with Crippen LogP contribution in [0.25, 0.3) is 11.1 Å². The van der Waals surface area contributed by atoms with Gasteiger partial charge in [-0.1, -0.05) is 31.0 Å². The van der Waals surface area contributed by atoms with Gasteiger partial charge in [0.2, 0.25) is 0 Å². The average Bonchev–Trinajstić information content (AvgIpc) is 3.34. The largest absolute Gasteiger partial charge is 0.508 e. The number of likely N-dealkylation sites (tertiary alicyclic amines) is 1. The van der Waals surface area contributed by atoms with Gasteiger partial charge in [-0.05, 0) is 129 Å². The minimum absolute atomic E-state index is 0.194. The van der Waals surface area contributed by atoms with E-state index in [2.05, 4.69) is 4.90 Å². The fourth-order valence-electron chi connectivity index (χ4n) is 6.66. The third kappa shape index (κ3) is 9.98. The number of unbranched alkanes of at least 4 members (excludes halogenated alkanes) is 3. The fraction of sp³-hybridized carbons (Fsp3) is 0.588. The van der Waals surface area contributed by atoms with Crippen LogP contribution in [0.4, 0.5) is 26.3 Å². The fourth-order valence-corrected chi connectivity index (χ4v) is 8.04. The molecule has 1 saturated heterocycles. The summed E-state index contributed by atoms with van der Waals surface area (Å²) in [5.74, 6) is -6.58. The Morgan fingerprint density at radius 1 is 0.867 bits per heavy atom. The molecule has 0 aromatic heterocycles. The van der Waals surface area contributed by atoms with Crippen molar-refractivity contribution in [3.8, 4) is 5.75 Å². The average molecular weight is 660 g/mol. The van der Waals surface area contributed by atoms with Crippen LogP contribution in [0.2, 0.25) is 0 Å². The zero-order chi connectivity index (χ0) is 32.7. The Labute approximate surface area is 262 Å². The lowest BCUT2D eigenvalue weighted by Gasteiger charge is -2.24. The summed E-state index contributed by atoms with van der Waals surface area (Å²) in [7, 11) is -4.00. The molecule has 1 heterocycles. The van der Waals surface area contributed by atoms with Crippen LogP contribution in [-0.2, 0) is 16.3 Å². The Bertz CT molecular complexity index is 1410. The van der Waals surface area contributed by atoms with E-state index in [1.54, 1.807) is 6.07 Å². The van der Waals surface area contributed by atoms with Crippen molar-refractivity contribution in [1.29, 1.82) is 0 Å². The monoisotopic (exact) mass is 659 g/mol. The summed E-state index contributed by atoms with van der Waals surface area (Å²) in [4.78, 5) is 2.34. The van der Waals surface area contributed by atoms with Crippen molar-refractivity contribution in [3.05, 3.63) is 65.0 Å². The van der Waals surface area contributed by atoms with Crippen LogP contribution >= 0.6 is 0 Å². The second-order valence-electron chi connectivity index (χ2n) is 12.4. The van der Waals surface area contributed by atoms with E-state index in [1.165, 1.54) is 23.3 Å². The highest BCUT2D eigenvalue weighted by atomic mass is 32.2. The van der Waals surface area contributed by atoms with Crippen molar-refractivity contribution in [3.63, 3.8) is 0 Å². The number of alkyl halides is 5. The number of sulfone groups is 1. The lowest BCUT2D eigenvalue weighted by atomic mass is 9.89. The molecule has 1 aliphatic carbocycles. The summed E-state index contributed by atoms with van der Waals surface area (Å²) in [6.07, 6.45) is 2.82. The van der Waals surface area contributed by atoms with Gasteiger partial charge in [-0.3, -0.25) is 0 Å². The third-order valence-corrected chi connectivity index (χ3v) is 10.8. The summed E-state index contributed by atoms with van der Waals surface area (Å²) in [5.41, 5.74) is 5.80. The molecule has 0 radical (unpaired) electrons. The molecule has 0 unspecified atom stereocenters. The highest BCUT2D eigenvalue weighted by Gasteiger charge is 2.57. The first-order valence-corrected chi connectivity index (χ1v) is 17.8. The molecule has 1 atom stereocenters. The lowest BCUT2D eigenvalue weighted by Crippen LogP contribution is -2.38. The molecule has 2 aromatic carbocycles. The first-order valence-electron chi connectivity index (χ1n) is 15.9. The van der Waals surface area contributed by atoms with Crippen molar-refractivity contribution >= 4 is 21.0 Å². The second-order valence-corrected chi connectivity index (χ2v) is 14.7. The predicted octanol–water partition coefficient (Wildman–Crippen LogP) is 8.98. The number of halogens is 6. The van der Waals surface area contributed by atoms with Gasteiger partial charge in [0.25, 0.3) is 0 Å². The number of rotatable bonds is 15. The first-order chi connectivity index (χ1) is 21.3. The number of hydrogen-bond acceptors (Lipinski definition) is 4. The van der Waals surface area contributed by atoms with E-state index in [9.17, 15) is 39.9 Å². The summed E-state index contributed by atoms with van der Waals surface area (Å²) >= 11 is 0. The maximum absolute atomic E-state index is 13.7. The second kappa shape index (κ2) is 15.4. The number of fused-ring (bicyclic) bond motifs is 1. The van der Waals surface area contributed by atoms with Gasteiger partial charge < -0.3 is 10.0 Å². The van der Waals surface area contributed by atoms with Crippen molar-refractivity contribution in [2.75, 3.05) is 24.6 Å². The van der Waals surface area contributed by atoms with Crippen LogP contribution in [0.1, 0.15) is 93.7 Å². The van der Waals surface area contributed by atoms with E-state index in [0.717, 1.165) is 94.0 Å². The van der Waals surface area contributed by atoms with Gasteiger partial charge in [0, 0.05) is 12.5 Å². The van der Waals surface area contributed by atoms with Gasteiger partial charge >= 0.3 is 12.1 Å². The number of aromatic hydroxyl groups is 1. The number of allylic oxidation sites excluding steroid dienone is 2. The quantitative estimate of drug-likeness (QED) is 0.153. The Morgan fingerprint density at radius 2 is 1.60 bits per heavy atom. The maximum atomic E-state index is 13.7. The number of benzene rings is 2. The normalized spacial score (nSPS) is 18.3. The Kier molecular flexibility index (Phi) is 12.1. The molecule has 2 aromatic rings. The molecule has 0 saturated carbocycles. The van der Waals surface area contributed by atoms with Crippen molar-refractivity contribution < 1.29 is 39.9 Å². The molecule has 4 nitrogen and oxygen atoms in total. The van der Waals surface area contributed by atoms with Crippen LogP contribution < -0.4 is 0 Å². The van der Waals surface area contributed by atoms with E-state index in [4.69, 9.17) is 0 Å². The van der Waals surface area contributed by atoms with E-state index in [0.29, 0.717) is 6.42 Å². The lowest BCUT2D eigenvalue weighted by molar-refractivity contribution is -0.282. The summed E-state index contributed by atoms with van der Waals surface area (Å²) in [5, 5.41) is 10.1. The molecule has 1 aliphatic heterocycles. The number of nitrogens with zero attached hydrogens (tertiary/aromatic N) is 1. The highest BCUT2D eigenvalue weighted by Crippen LogP contribution is 2.40. The zero-order valence-corrected chi connectivity index (χ0v) is 26.3. The molecule has 45 heavy (non-hydrogen) atoms. The summed E-state index contributed by atoms with van der Waals surface area (Å²) in [6, 6.07) is 12.4. The van der Waals surface area contributed by atoms with E-state index >= 15 is 0 Å². The van der Waals surface area contributed by atoms with Gasteiger partial charge in [-0.25, -0.2) is 12.8 Å². The van der Waals surface area contributed by atoms with Gasteiger partial charge in [0.1, 0.15) is 11.6 Å². The Balaban J connectivity index is 1.24. The molecule has 0 spiro atoms. The van der Waals surface area contributed by atoms with Gasteiger partial charge in [0.15, 0.2) is 9.84 Å². The number of phenolic OH excluding ortho intramolecular Hbond substituents is 1. The molecule has 0 amide bonds. The molecule has 250 valence electrons. The molecule has 2 aliphatic rings. The van der Waals surface area contributed by atoms with Crippen LogP contribution in [-0.4, -0.2) is 61.2 Å². The molecular formula is C34H43F6NO3S. The van der Waals surface area contributed by atoms with Crippen molar-refractivity contribution in [2.45, 2.75) is 102 Å². The van der Waals surface area contributed by atoms with Crippen LogP contribution in [0.15, 0.2) is 42.5 Å². The number of hydrogen-bond donors (Lipinski definition) is 1. The van der Waals surface area contributed by atoms with E-state index in [-0.39, 0.29) is 29.8 Å². The van der Waals surface area contributed by atoms with Crippen molar-refractivity contribution in [1.82, 2.24) is 4.90 Å². The predicted molar refractivity (Wildman–Crippen MR) is 165 cm³/mol. The molecule has 1 fully saturated rings. The van der Waals surface area contributed by atoms with Crippen LogP contribution in [0, 0.1) is 5.82 Å². The Morgan fingerprint density at radius 3 is 2.33 bits per heavy atom. The van der Waals surface area contributed by atoms with Crippen LogP contribution in [0.3, 0.4) is 0 Å². The van der Waals surface area contributed by atoms with Gasteiger partial charge in [0.05, 0.1) is 11.5 Å². The smallest absolute Gasteiger partial charge is 0.453 e. The molecular weight excluding hydrogens is 616 g/mol. The number of phenols is 1. The summed E-state index contributed by atoms with van der Waals surface area (Å²) < 4.78 is 101. The first kappa shape index (κ1) is 35.3. The van der Waals surface area contributed by atoms with E-state index < -0.39 is 34.1 Å². The van der Waals surface area contributed by atoms with E-state index in [1.807, 2.05) is 24.3 Å². The topological polar surface area (TPSA) is 57.6 Å².